The molecule has 0 unspecified atom stereocenters. The summed E-state index contributed by atoms with van der Waals surface area (Å²) in [6.07, 6.45) is 5.89. The lowest BCUT2D eigenvalue weighted by Crippen LogP contribution is -2.52. The van der Waals surface area contributed by atoms with E-state index in [1.54, 1.807) is 40.1 Å². The predicted octanol–water partition coefficient (Wildman–Crippen LogP) is 4.83. The summed E-state index contributed by atoms with van der Waals surface area (Å²) < 4.78 is 21.4. The first-order valence-electron chi connectivity index (χ1n) is 14.6. The molecule has 1 amide bonds. The van der Waals surface area contributed by atoms with E-state index in [2.05, 4.69) is 25.8 Å². The van der Waals surface area contributed by atoms with E-state index in [4.69, 9.17) is 10.5 Å². The summed E-state index contributed by atoms with van der Waals surface area (Å²) in [6, 6.07) is 16.0. The number of benzene rings is 2. The first-order chi connectivity index (χ1) is 20.7. The van der Waals surface area contributed by atoms with Crippen LogP contribution in [0.4, 0.5) is 27.4 Å². The number of piperidine rings is 1. The van der Waals surface area contributed by atoms with Crippen molar-refractivity contribution < 1.29 is 13.9 Å². The Morgan fingerprint density at radius 3 is 2.60 bits per heavy atom. The highest BCUT2D eigenvalue weighted by atomic mass is 19.1. The predicted molar refractivity (Wildman–Crippen MR) is 162 cm³/mol. The smallest absolute Gasteiger partial charge is 0.264 e. The van der Waals surface area contributed by atoms with Crippen LogP contribution in [-0.4, -0.2) is 70.1 Å². The largest absolute Gasteiger partial charge is 0.457 e. The van der Waals surface area contributed by atoms with Crippen LogP contribution < -0.4 is 20.3 Å². The van der Waals surface area contributed by atoms with Gasteiger partial charge >= 0.3 is 0 Å². The zero-order valence-corrected chi connectivity index (χ0v) is 24.4. The number of amides is 1. The molecular weight excluding hydrogens is 547 g/mol. The number of nitrogen functional groups attached to an aromatic ring is 1. The van der Waals surface area contributed by atoms with Crippen molar-refractivity contribution in [2.24, 2.45) is 0 Å². The minimum Gasteiger partial charge on any atom is -0.457 e. The van der Waals surface area contributed by atoms with Crippen LogP contribution in [0.1, 0.15) is 33.1 Å². The monoisotopic (exact) mass is 582 g/mol. The highest BCUT2D eigenvalue weighted by Gasteiger charge is 2.39. The van der Waals surface area contributed by atoms with Crippen molar-refractivity contribution in [1.29, 1.82) is 5.26 Å². The molecule has 4 heterocycles. The molecule has 11 heteroatoms. The lowest BCUT2D eigenvalue weighted by Gasteiger charge is -2.43. The van der Waals surface area contributed by atoms with Gasteiger partial charge in [0.05, 0.1) is 12.4 Å². The Morgan fingerprint density at radius 2 is 1.91 bits per heavy atom. The molecule has 0 spiro atoms. The number of nitrogens with zero attached hydrogens (tertiary/aromatic N) is 7. The lowest BCUT2D eigenvalue weighted by atomic mass is 9.94. The topological polar surface area (TPSA) is 115 Å². The summed E-state index contributed by atoms with van der Waals surface area (Å²) in [5, 5.41) is 9.91. The quantitative estimate of drug-likeness (QED) is 0.309. The van der Waals surface area contributed by atoms with Gasteiger partial charge in [-0.15, -0.1) is 0 Å². The molecule has 43 heavy (non-hydrogen) atoms. The molecule has 222 valence electrons. The first kappa shape index (κ1) is 28.4. The van der Waals surface area contributed by atoms with Gasteiger partial charge in [0.25, 0.3) is 5.91 Å². The van der Waals surface area contributed by atoms with E-state index >= 15 is 4.39 Å². The van der Waals surface area contributed by atoms with Gasteiger partial charge in [-0.1, -0.05) is 18.2 Å². The zero-order chi connectivity index (χ0) is 30.1. The second kappa shape index (κ2) is 11.5. The van der Waals surface area contributed by atoms with Gasteiger partial charge in [0.1, 0.15) is 35.2 Å². The van der Waals surface area contributed by atoms with Crippen molar-refractivity contribution in [3.05, 3.63) is 72.3 Å². The molecule has 2 aromatic carbocycles. The molecule has 0 radical (unpaired) electrons. The van der Waals surface area contributed by atoms with Gasteiger partial charge in [-0.25, -0.2) is 14.4 Å². The van der Waals surface area contributed by atoms with E-state index in [0.29, 0.717) is 41.8 Å². The number of rotatable bonds is 7. The Labute approximate surface area is 250 Å². The van der Waals surface area contributed by atoms with Crippen molar-refractivity contribution in [3.8, 4) is 17.6 Å². The standard InChI is InChI=1S/C32H35FN8O2/c1-32(2,39-14-7-15-39)17-22(18-34)31(42)38-13-6-8-23(19-38)40-21-41(28-29(35)36-20-37-30(28)40)27-12-11-25(16-26(27)33)43-24-9-4-3-5-10-24/h3-5,9-12,16-17,20,23H,6-8,13-15,19,21H2,1-2H3,(H2,35,36,37)/b22-17+/t23-/m1/s1. The van der Waals surface area contributed by atoms with Gasteiger partial charge in [0.15, 0.2) is 17.5 Å². The number of likely N-dealkylation sites (tertiary alicyclic amines) is 2. The number of nitriles is 1. The van der Waals surface area contributed by atoms with Crippen LogP contribution in [0.5, 0.6) is 11.5 Å². The third-order valence-corrected chi connectivity index (χ3v) is 8.50. The van der Waals surface area contributed by atoms with Crippen LogP contribution in [0.2, 0.25) is 0 Å². The number of aromatic nitrogens is 2. The second-order valence-electron chi connectivity index (χ2n) is 11.7. The Hall–Kier alpha value is -4.69. The average Bonchev–Trinajstić information content (AvgIpc) is 3.36. The number of halogens is 1. The summed E-state index contributed by atoms with van der Waals surface area (Å²) in [6.45, 7) is 7.24. The molecule has 0 saturated carbocycles. The number of fused-ring (bicyclic) bond motifs is 1. The van der Waals surface area contributed by atoms with Gasteiger partial charge in [0, 0.05) is 43.8 Å². The number of nitrogens with two attached hydrogens (primary N) is 1. The highest BCUT2D eigenvalue weighted by Crippen LogP contribution is 2.45. The molecule has 10 nitrogen and oxygen atoms in total. The molecular formula is C32H35FN8O2. The van der Waals surface area contributed by atoms with Crippen molar-refractivity contribution in [2.45, 2.75) is 44.7 Å². The van der Waals surface area contributed by atoms with Crippen molar-refractivity contribution in [1.82, 2.24) is 19.8 Å². The second-order valence-corrected chi connectivity index (χ2v) is 11.7. The Kier molecular flexibility index (Phi) is 7.62. The van der Waals surface area contributed by atoms with E-state index in [9.17, 15) is 10.1 Å². The molecule has 2 saturated heterocycles. The number of anilines is 4. The zero-order valence-electron chi connectivity index (χ0n) is 24.4. The number of hydrogen-bond donors (Lipinski definition) is 1. The van der Waals surface area contributed by atoms with Crippen molar-refractivity contribution in [3.63, 3.8) is 0 Å². The van der Waals surface area contributed by atoms with Crippen LogP contribution >= 0.6 is 0 Å². The van der Waals surface area contributed by atoms with Crippen LogP contribution in [0.15, 0.2) is 66.5 Å². The SMILES string of the molecule is CC(C)(/C=C(\C#N)C(=O)N1CCC[C@@H](N2CN(c3ccc(Oc4ccccc4)cc3F)c3c(N)ncnc32)C1)N1CCC1. The minimum absolute atomic E-state index is 0.108. The van der Waals surface area contributed by atoms with E-state index in [0.717, 1.165) is 32.4 Å². The fourth-order valence-corrected chi connectivity index (χ4v) is 6.06. The normalized spacial score (nSPS) is 19.1. The Balaban J connectivity index is 1.23. The van der Waals surface area contributed by atoms with Crippen LogP contribution in [0.3, 0.4) is 0 Å². The first-order valence-corrected chi connectivity index (χ1v) is 14.6. The van der Waals surface area contributed by atoms with Gasteiger partial charge in [-0.3, -0.25) is 9.69 Å². The Bertz CT molecular complexity index is 1580. The van der Waals surface area contributed by atoms with Gasteiger partial charge in [0.2, 0.25) is 0 Å². The van der Waals surface area contributed by atoms with Crippen LogP contribution in [-0.2, 0) is 4.79 Å². The third-order valence-electron chi connectivity index (χ3n) is 8.50. The molecule has 2 N–H and O–H groups in total. The summed E-state index contributed by atoms with van der Waals surface area (Å²) in [4.78, 5) is 30.1. The minimum atomic E-state index is -0.474. The lowest BCUT2D eigenvalue weighted by molar-refractivity contribution is -0.127. The molecule has 6 rings (SSSR count). The molecule has 0 bridgehead atoms. The maximum Gasteiger partial charge on any atom is 0.264 e. The maximum absolute atomic E-state index is 15.6. The van der Waals surface area contributed by atoms with Crippen LogP contribution in [0.25, 0.3) is 0 Å². The van der Waals surface area contributed by atoms with E-state index in [-0.39, 0.29) is 35.5 Å². The molecule has 3 aromatic rings. The third kappa shape index (κ3) is 5.58. The highest BCUT2D eigenvalue weighted by molar-refractivity contribution is 5.97. The summed E-state index contributed by atoms with van der Waals surface area (Å²) in [7, 11) is 0. The van der Waals surface area contributed by atoms with Crippen molar-refractivity contribution in [2.75, 3.05) is 48.4 Å². The van der Waals surface area contributed by atoms with Gasteiger partial charge < -0.3 is 25.2 Å². The van der Waals surface area contributed by atoms with E-state index in [1.165, 1.54) is 12.4 Å². The van der Waals surface area contributed by atoms with Gasteiger partial charge in [-0.05, 0) is 63.5 Å². The summed E-state index contributed by atoms with van der Waals surface area (Å²) in [5.74, 6) is 1.08. The van der Waals surface area contributed by atoms with Crippen molar-refractivity contribution >= 4 is 28.9 Å². The molecule has 3 aliphatic rings. The number of hydrogen-bond acceptors (Lipinski definition) is 9. The molecule has 3 aliphatic heterocycles. The maximum atomic E-state index is 15.6. The van der Waals surface area contributed by atoms with Gasteiger partial charge in [-0.2, -0.15) is 5.26 Å². The molecule has 2 fully saturated rings. The van der Waals surface area contributed by atoms with E-state index in [1.807, 2.05) is 32.0 Å². The fraction of sp³-hybridized carbons (Fsp3) is 0.375. The summed E-state index contributed by atoms with van der Waals surface area (Å²) >= 11 is 0. The number of carbonyl (C=O) groups excluding carboxylic acids is 1. The van der Waals surface area contributed by atoms with E-state index < -0.39 is 5.82 Å². The molecule has 0 aliphatic carbocycles. The van der Waals surface area contributed by atoms with Crippen LogP contribution in [0, 0.1) is 17.1 Å². The number of para-hydroxylation sites is 1. The average molecular weight is 583 g/mol. The molecule has 1 atom stereocenters. The summed E-state index contributed by atoms with van der Waals surface area (Å²) in [5.41, 5.74) is 6.96. The molecule has 1 aromatic heterocycles. The fourth-order valence-electron chi connectivity index (χ4n) is 6.06. The number of ether oxygens (including phenoxy) is 1. The Morgan fingerprint density at radius 1 is 1.12 bits per heavy atom. The number of carbonyl (C=O) groups is 1.